The molecule has 1 unspecified atom stereocenters. The summed E-state index contributed by atoms with van der Waals surface area (Å²) < 4.78 is 0. The van der Waals surface area contributed by atoms with Crippen LogP contribution in [-0.4, -0.2) is 28.5 Å². The van der Waals surface area contributed by atoms with Crippen LogP contribution in [0.25, 0.3) is 0 Å². The zero-order valence-electron chi connectivity index (χ0n) is 12.3. The minimum absolute atomic E-state index is 0.0729. The minimum Gasteiger partial charge on any atom is -0.481 e. The minimum atomic E-state index is -0.912. The zero-order valence-corrected chi connectivity index (χ0v) is 12.3. The highest BCUT2D eigenvalue weighted by Crippen LogP contribution is 2.16. The van der Waals surface area contributed by atoms with E-state index in [0.29, 0.717) is 12.2 Å². The molecule has 0 radical (unpaired) electrons. The lowest BCUT2D eigenvalue weighted by Gasteiger charge is -2.23. The van der Waals surface area contributed by atoms with Gasteiger partial charge in [0.15, 0.2) is 0 Å². The lowest BCUT2D eigenvalue weighted by molar-refractivity contribution is -0.140. The van der Waals surface area contributed by atoms with Crippen LogP contribution >= 0.6 is 0 Å². The molecule has 1 rings (SSSR count). The third kappa shape index (κ3) is 4.64. The number of carboxylic acid groups (broad SMARTS) is 1. The maximum absolute atomic E-state index is 12.2. The summed E-state index contributed by atoms with van der Waals surface area (Å²) in [5, 5.41) is 9.02. The molecule has 5 heteroatoms. The summed E-state index contributed by atoms with van der Waals surface area (Å²) in [4.78, 5) is 28.9. The molecule has 0 fully saturated rings. The molecule has 5 nitrogen and oxygen atoms in total. The predicted molar refractivity (Wildman–Crippen MR) is 77.7 cm³/mol. The predicted octanol–water partition coefficient (Wildman–Crippen LogP) is 2.63. The van der Waals surface area contributed by atoms with Gasteiger partial charge in [0.25, 0.3) is 0 Å². The molecule has 1 heterocycles. The smallest absolute Gasteiger partial charge is 0.308 e. The molecule has 0 aromatic carbocycles. The van der Waals surface area contributed by atoms with Crippen molar-refractivity contribution < 1.29 is 14.7 Å². The maximum atomic E-state index is 12.2. The molecule has 1 aromatic rings. The van der Waals surface area contributed by atoms with Crippen LogP contribution in [-0.2, 0) is 9.59 Å². The third-order valence-corrected chi connectivity index (χ3v) is 3.10. The van der Waals surface area contributed by atoms with Gasteiger partial charge in [-0.1, -0.05) is 26.3 Å². The van der Waals surface area contributed by atoms with Gasteiger partial charge in [-0.15, -0.1) is 0 Å². The van der Waals surface area contributed by atoms with Crippen molar-refractivity contribution in [1.29, 1.82) is 0 Å². The molecule has 0 saturated heterocycles. The lowest BCUT2D eigenvalue weighted by Crippen LogP contribution is -2.37. The fourth-order valence-corrected chi connectivity index (χ4v) is 1.76. The van der Waals surface area contributed by atoms with Gasteiger partial charge in [0, 0.05) is 19.2 Å². The number of amides is 1. The van der Waals surface area contributed by atoms with Crippen LogP contribution in [0.2, 0.25) is 0 Å². The molecule has 0 spiro atoms. The van der Waals surface area contributed by atoms with E-state index >= 15 is 0 Å². The number of hydrogen-bond donors (Lipinski definition) is 1. The maximum Gasteiger partial charge on any atom is 0.308 e. The largest absolute Gasteiger partial charge is 0.481 e. The average molecular weight is 278 g/mol. The summed E-state index contributed by atoms with van der Waals surface area (Å²) in [5.74, 6) is -1.09. The molecule has 0 saturated carbocycles. The van der Waals surface area contributed by atoms with Gasteiger partial charge in [0.1, 0.15) is 5.82 Å². The van der Waals surface area contributed by atoms with E-state index in [2.05, 4.69) is 4.98 Å². The van der Waals surface area contributed by atoms with E-state index in [-0.39, 0.29) is 12.5 Å². The van der Waals surface area contributed by atoms with Crippen molar-refractivity contribution in [2.45, 2.75) is 40.0 Å². The van der Waals surface area contributed by atoms with Crippen molar-refractivity contribution in [1.82, 2.24) is 4.98 Å². The Hall–Kier alpha value is -1.91. The number of aromatic nitrogens is 1. The standard InChI is InChI=1S/C15H22N2O3/c1-4-5-6-14(18)17(10-12(3)15(19)20)13-8-7-11(2)9-16-13/h7-9,12H,4-6,10H2,1-3H3,(H,19,20). The summed E-state index contributed by atoms with van der Waals surface area (Å²) >= 11 is 0. The first-order chi connectivity index (χ1) is 9.45. The summed E-state index contributed by atoms with van der Waals surface area (Å²) in [6.07, 6.45) is 3.82. The van der Waals surface area contributed by atoms with Crippen molar-refractivity contribution >= 4 is 17.7 Å². The Morgan fingerprint density at radius 2 is 2.10 bits per heavy atom. The van der Waals surface area contributed by atoms with Gasteiger partial charge in [0.2, 0.25) is 5.91 Å². The molecule has 0 aliphatic carbocycles. The van der Waals surface area contributed by atoms with Crippen LogP contribution in [0.4, 0.5) is 5.82 Å². The van der Waals surface area contributed by atoms with E-state index in [4.69, 9.17) is 5.11 Å². The van der Waals surface area contributed by atoms with Gasteiger partial charge in [-0.25, -0.2) is 4.98 Å². The highest BCUT2D eigenvalue weighted by Gasteiger charge is 2.22. The number of nitrogens with zero attached hydrogens (tertiary/aromatic N) is 2. The van der Waals surface area contributed by atoms with Gasteiger partial charge in [-0.3, -0.25) is 14.5 Å². The van der Waals surface area contributed by atoms with Crippen LogP contribution in [0.5, 0.6) is 0 Å². The fraction of sp³-hybridized carbons (Fsp3) is 0.533. The van der Waals surface area contributed by atoms with E-state index < -0.39 is 11.9 Å². The summed E-state index contributed by atoms with van der Waals surface area (Å²) in [5.41, 5.74) is 1.00. The van der Waals surface area contributed by atoms with E-state index in [1.54, 1.807) is 19.2 Å². The number of carbonyl (C=O) groups is 2. The van der Waals surface area contributed by atoms with E-state index in [1.807, 2.05) is 19.9 Å². The van der Waals surface area contributed by atoms with Crippen LogP contribution in [0.1, 0.15) is 38.7 Å². The van der Waals surface area contributed by atoms with E-state index in [9.17, 15) is 9.59 Å². The number of anilines is 1. The van der Waals surface area contributed by atoms with Crippen LogP contribution < -0.4 is 4.90 Å². The first-order valence-corrected chi connectivity index (χ1v) is 6.91. The number of aryl methyl sites for hydroxylation is 1. The fourth-order valence-electron chi connectivity index (χ4n) is 1.76. The number of unbranched alkanes of at least 4 members (excludes halogenated alkanes) is 1. The third-order valence-electron chi connectivity index (χ3n) is 3.10. The zero-order chi connectivity index (χ0) is 15.1. The second-order valence-corrected chi connectivity index (χ2v) is 5.04. The van der Waals surface area contributed by atoms with E-state index in [1.165, 1.54) is 4.90 Å². The van der Waals surface area contributed by atoms with Crippen molar-refractivity contribution in [3.8, 4) is 0 Å². The molecule has 110 valence electrons. The Bertz CT molecular complexity index is 457. The Morgan fingerprint density at radius 3 is 2.60 bits per heavy atom. The molecule has 0 aliphatic rings. The first kappa shape index (κ1) is 16.1. The molecular formula is C15H22N2O3. The quantitative estimate of drug-likeness (QED) is 0.832. The Morgan fingerprint density at radius 1 is 1.40 bits per heavy atom. The number of aliphatic carboxylic acids is 1. The molecule has 1 aromatic heterocycles. The number of carbonyl (C=O) groups excluding carboxylic acids is 1. The normalized spacial score (nSPS) is 11.9. The summed E-state index contributed by atoms with van der Waals surface area (Å²) in [6.45, 7) is 5.67. The van der Waals surface area contributed by atoms with Crippen LogP contribution in [0.15, 0.2) is 18.3 Å². The number of hydrogen-bond acceptors (Lipinski definition) is 3. The number of carboxylic acids is 1. The molecule has 1 N–H and O–H groups in total. The van der Waals surface area contributed by atoms with E-state index in [0.717, 1.165) is 18.4 Å². The summed E-state index contributed by atoms with van der Waals surface area (Å²) in [6, 6.07) is 3.63. The molecule has 0 bridgehead atoms. The average Bonchev–Trinajstić information content (AvgIpc) is 2.42. The number of pyridine rings is 1. The molecule has 20 heavy (non-hydrogen) atoms. The number of rotatable bonds is 7. The Labute approximate surface area is 119 Å². The summed E-state index contributed by atoms with van der Waals surface area (Å²) in [7, 11) is 0. The van der Waals surface area contributed by atoms with Crippen molar-refractivity contribution in [3.05, 3.63) is 23.9 Å². The molecule has 1 atom stereocenters. The lowest BCUT2D eigenvalue weighted by atomic mass is 10.1. The van der Waals surface area contributed by atoms with Crippen molar-refractivity contribution in [3.63, 3.8) is 0 Å². The Balaban J connectivity index is 2.91. The molecule has 1 amide bonds. The molecular weight excluding hydrogens is 256 g/mol. The van der Waals surface area contributed by atoms with Gasteiger partial charge >= 0.3 is 5.97 Å². The van der Waals surface area contributed by atoms with Crippen molar-refractivity contribution in [2.75, 3.05) is 11.4 Å². The van der Waals surface area contributed by atoms with Gasteiger partial charge in [-0.05, 0) is 25.0 Å². The SMILES string of the molecule is CCCCC(=O)N(CC(C)C(=O)O)c1ccc(C)cn1. The second kappa shape index (κ2) is 7.62. The van der Waals surface area contributed by atoms with Gasteiger partial charge < -0.3 is 5.11 Å². The second-order valence-electron chi connectivity index (χ2n) is 5.04. The van der Waals surface area contributed by atoms with Gasteiger partial charge in [-0.2, -0.15) is 0 Å². The first-order valence-electron chi connectivity index (χ1n) is 6.91. The van der Waals surface area contributed by atoms with Crippen LogP contribution in [0.3, 0.4) is 0 Å². The van der Waals surface area contributed by atoms with Crippen LogP contribution in [0, 0.1) is 12.8 Å². The van der Waals surface area contributed by atoms with Crippen molar-refractivity contribution in [2.24, 2.45) is 5.92 Å². The topological polar surface area (TPSA) is 70.5 Å². The molecule has 0 aliphatic heterocycles. The highest BCUT2D eigenvalue weighted by molar-refractivity contribution is 5.93. The Kier molecular flexibility index (Phi) is 6.15. The monoisotopic (exact) mass is 278 g/mol. The van der Waals surface area contributed by atoms with Gasteiger partial charge in [0.05, 0.1) is 5.92 Å². The highest BCUT2D eigenvalue weighted by atomic mass is 16.4.